The number of nitro groups is 1. The van der Waals surface area contributed by atoms with Crippen molar-refractivity contribution in [2.24, 2.45) is 4.99 Å². The van der Waals surface area contributed by atoms with Crippen molar-refractivity contribution in [1.82, 2.24) is 9.88 Å². The van der Waals surface area contributed by atoms with Gasteiger partial charge < -0.3 is 4.90 Å². The summed E-state index contributed by atoms with van der Waals surface area (Å²) >= 11 is 5.59. The van der Waals surface area contributed by atoms with Crippen molar-refractivity contribution in [3.63, 3.8) is 0 Å². The van der Waals surface area contributed by atoms with Crippen molar-refractivity contribution >= 4 is 29.4 Å². The Morgan fingerprint density at radius 2 is 2.33 bits per heavy atom. The SMILES string of the molecule is CN(C)/C=N/c1ncc(Cl)cc1[N+](=O)[O-]. The lowest BCUT2D eigenvalue weighted by Gasteiger charge is -2.02. The number of pyridine rings is 1. The number of hydrogen-bond donors (Lipinski definition) is 0. The molecule has 0 spiro atoms. The lowest BCUT2D eigenvalue weighted by molar-refractivity contribution is -0.384. The van der Waals surface area contributed by atoms with Crippen LogP contribution < -0.4 is 0 Å². The minimum atomic E-state index is -0.568. The van der Waals surface area contributed by atoms with Crippen LogP contribution >= 0.6 is 11.6 Å². The fourth-order valence-electron chi connectivity index (χ4n) is 0.825. The van der Waals surface area contributed by atoms with Gasteiger partial charge in [-0.15, -0.1) is 0 Å². The van der Waals surface area contributed by atoms with Gasteiger partial charge in [-0.3, -0.25) is 10.1 Å². The zero-order valence-corrected chi connectivity index (χ0v) is 8.97. The molecule has 0 bridgehead atoms. The second-order valence-electron chi connectivity index (χ2n) is 2.96. The predicted molar refractivity (Wildman–Crippen MR) is 57.7 cm³/mol. The predicted octanol–water partition coefficient (Wildman–Crippen LogP) is 1.86. The smallest absolute Gasteiger partial charge is 0.315 e. The highest BCUT2D eigenvalue weighted by molar-refractivity contribution is 6.30. The highest BCUT2D eigenvalue weighted by atomic mass is 35.5. The fourth-order valence-corrected chi connectivity index (χ4v) is 0.977. The Morgan fingerprint density at radius 1 is 1.67 bits per heavy atom. The highest BCUT2D eigenvalue weighted by Crippen LogP contribution is 2.26. The molecule has 0 unspecified atom stereocenters. The monoisotopic (exact) mass is 228 g/mol. The van der Waals surface area contributed by atoms with Crippen LogP contribution in [-0.2, 0) is 0 Å². The summed E-state index contributed by atoms with van der Waals surface area (Å²) in [6, 6.07) is 1.22. The molecule has 0 aromatic carbocycles. The summed E-state index contributed by atoms with van der Waals surface area (Å²) in [4.78, 5) is 19.4. The van der Waals surface area contributed by atoms with Crippen molar-refractivity contribution in [1.29, 1.82) is 0 Å². The molecule has 1 rings (SSSR count). The third kappa shape index (κ3) is 3.17. The van der Waals surface area contributed by atoms with Gasteiger partial charge >= 0.3 is 5.69 Å². The number of aliphatic imine (C=N–C) groups is 1. The molecule has 0 fully saturated rings. The van der Waals surface area contributed by atoms with E-state index >= 15 is 0 Å². The fraction of sp³-hybridized carbons (Fsp3) is 0.250. The van der Waals surface area contributed by atoms with E-state index in [4.69, 9.17) is 11.6 Å². The Labute approximate surface area is 91.4 Å². The van der Waals surface area contributed by atoms with Gasteiger partial charge in [-0.25, -0.2) is 9.98 Å². The molecule has 0 aliphatic heterocycles. The summed E-state index contributed by atoms with van der Waals surface area (Å²) in [5, 5.41) is 10.9. The summed E-state index contributed by atoms with van der Waals surface area (Å²) < 4.78 is 0. The number of nitrogens with zero attached hydrogens (tertiary/aromatic N) is 4. The average Bonchev–Trinajstić information content (AvgIpc) is 2.15. The van der Waals surface area contributed by atoms with Gasteiger partial charge in [0.15, 0.2) is 0 Å². The Hall–Kier alpha value is -1.69. The molecule has 0 atom stereocenters. The molecule has 0 saturated heterocycles. The van der Waals surface area contributed by atoms with Crippen LogP contribution in [0, 0.1) is 10.1 Å². The highest BCUT2D eigenvalue weighted by Gasteiger charge is 2.14. The van der Waals surface area contributed by atoms with Crippen molar-refractivity contribution in [2.75, 3.05) is 14.1 Å². The van der Waals surface area contributed by atoms with Crippen LogP contribution in [-0.4, -0.2) is 35.2 Å². The Morgan fingerprint density at radius 3 is 2.87 bits per heavy atom. The quantitative estimate of drug-likeness (QED) is 0.343. The molecule has 0 radical (unpaired) electrons. The summed E-state index contributed by atoms with van der Waals surface area (Å²) in [6.07, 6.45) is 2.75. The lowest BCUT2D eigenvalue weighted by atomic mass is 10.4. The van der Waals surface area contributed by atoms with Crippen molar-refractivity contribution in [2.45, 2.75) is 0 Å². The second-order valence-corrected chi connectivity index (χ2v) is 3.40. The maximum absolute atomic E-state index is 10.6. The van der Waals surface area contributed by atoms with E-state index < -0.39 is 4.92 Å². The molecule has 15 heavy (non-hydrogen) atoms. The van der Waals surface area contributed by atoms with Crippen LogP contribution in [0.1, 0.15) is 0 Å². The van der Waals surface area contributed by atoms with Crippen LogP contribution in [0.15, 0.2) is 17.3 Å². The number of hydrogen-bond acceptors (Lipinski definition) is 4. The standard InChI is InChI=1S/C8H9ClN4O2/c1-12(2)5-11-8-7(13(14)15)3-6(9)4-10-8/h3-5H,1-2H3/b11-5+. The van der Waals surface area contributed by atoms with Gasteiger partial charge in [0, 0.05) is 26.4 Å². The van der Waals surface area contributed by atoms with E-state index in [0.29, 0.717) is 0 Å². The molecule has 0 amide bonds. The van der Waals surface area contributed by atoms with Crippen LogP contribution in [0.25, 0.3) is 0 Å². The largest absolute Gasteiger partial charge is 0.369 e. The Bertz CT molecular complexity index is 406. The van der Waals surface area contributed by atoms with Crippen LogP contribution in [0.2, 0.25) is 5.02 Å². The number of rotatable bonds is 3. The van der Waals surface area contributed by atoms with Gasteiger partial charge in [-0.2, -0.15) is 0 Å². The van der Waals surface area contributed by atoms with E-state index in [0.717, 1.165) is 0 Å². The first kappa shape index (κ1) is 11.4. The average molecular weight is 229 g/mol. The van der Waals surface area contributed by atoms with Crippen LogP contribution in [0.3, 0.4) is 0 Å². The molecule has 80 valence electrons. The normalized spacial score (nSPS) is 10.6. The molecule has 1 aromatic heterocycles. The summed E-state index contributed by atoms with van der Waals surface area (Å²) in [6.45, 7) is 0. The first-order valence-electron chi connectivity index (χ1n) is 4.01. The van der Waals surface area contributed by atoms with Crippen molar-refractivity contribution < 1.29 is 4.92 Å². The zero-order chi connectivity index (χ0) is 11.4. The second kappa shape index (κ2) is 4.70. The third-order valence-corrected chi connectivity index (χ3v) is 1.63. The maximum atomic E-state index is 10.6. The van der Waals surface area contributed by atoms with Crippen LogP contribution in [0.4, 0.5) is 11.5 Å². The summed E-state index contributed by atoms with van der Waals surface area (Å²) in [5.74, 6) is 0.0399. The number of aromatic nitrogens is 1. The Kier molecular flexibility index (Phi) is 3.56. The number of halogens is 1. The first-order valence-corrected chi connectivity index (χ1v) is 4.39. The molecule has 0 N–H and O–H groups in total. The Balaban J connectivity index is 3.12. The van der Waals surface area contributed by atoms with E-state index in [1.165, 1.54) is 18.6 Å². The zero-order valence-electron chi connectivity index (χ0n) is 8.22. The topological polar surface area (TPSA) is 71.6 Å². The molecule has 6 nitrogen and oxygen atoms in total. The summed E-state index contributed by atoms with van der Waals surface area (Å²) in [7, 11) is 3.51. The van der Waals surface area contributed by atoms with E-state index in [9.17, 15) is 10.1 Å². The maximum Gasteiger partial charge on any atom is 0.315 e. The molecule has 7 heteroatoms. The minimum absolute atomic E-state index is 0.0399. The van der Waals surface area contributed by atoms with E-state index in [-0.39, 0.29) is 16.5 Å². The van der Waals surface area contributed by atoms with Gasteiger partial charge in [0.1, 0.15) is 0 Å². The van der Waals surface area contributed by atoms with E-state index in [2.05, 4.69) is 9.98 Å². The van der Waals surface area contributed by atoms with Gasteiger partial charge in [-0.1, -0.05) is 11.6 Å². The molecule has 0 aliphatic rings. The van der Waals surface area contributed by atoms with E-state index in [1.54, 1.807) is 19.0 Å². The van der Waals surface area contributed by atoms with Gasteiger partial charge in [0.2, 0.25) is 5.82 Å². The molecule has 1 aromatic rings. The van der Waals surface area contributed by atoms with Crippen molar-refractivity contribution in [3.8, 4) is 0 Å². The van der Waals surface area contributed by atoms with E-state index in [1.807, 2.05) is 0 Å². The molecular formula is C8H9ClN4O2. The molecule has 0 saturated carbocycles. The first-order chi connectivity index (χ1) is 7.00. The van der Waals surface area contributed by atoms with Crippen molar-refractivity contribution in [3.05, 3.63) is 27.4 Å². The summed E-state index contributed by atoms with van der Waals surface area (Å²) in [5.41, 5.74) is -0.208. The lowest BCUT2D eigenvalue weighted by Crippen LogP contribution is -2.07. The van der Waals surface area contributed by atoms with Crippen LogP contribution in [0.5, 0.6) is 0 Å². The minimum Gasteiger partial charge on any atom is -0.369 e. The van der Waals surface area contributed by atoms with Gasteiger partial charge in [0.25, 0.3) is 0 Å². The third-order valence-electron chi connectivity index (χ3n) is 1.42. The molecule has 1 heterocycles. The van der Waals surface area contributed by atoms with Gasteiger partial charge in [0.05, 0.1) is 16.3 Å². The molecular weight excluding hydrogens is 220 g/mol. The molecule has 0 aliphatic carbocycles. The van der Waals surface area contributed by atoms with Gasteiger partial charge in [-0.05, 0) is 0 Å².